The van der Waals surface area contributed by atoms with E-state index in [1.54, 1.807) is 11.8 Å². The number of thioether (sulfide) groups is 1. The lowest BCUT2D eigenvalue weighted by atomic mass is 10.1. The molecular weight excluding hydrogens is 396 g/mol. The molecule has 0 radical (unpaired) electrons. The Bertz CT molecular complexity index is 1050. The monoisotopic (exact) mass is 424 g/mol. The maximum absolute atomic E-state index is 13.0. The van der Waals surface area contributed by atoms with E-state index < -0.39 is 0 Å². The van der Waals surface area contributed by atoms with Crippen LogP contribution in [0.1, 0.15) is 32.7 Å². The third-order valence-electron chi connectivity index (χ3n) is 6.17. The van der Waals surface area contributed by atoms with Gasteiger partial charge in [0.1, 0.15) is 0 Å². The molecule has 7 nitrogen and oxygen atoms in total. The Balaban J connectivity index is 1.37. The van der Waals surface area contributed by atoms with Crippen molar-refractivity contribution in [3.8, 4) is 11.4 Å². The smallest absolute Gasteiger partial charge is 0.235 e. The first kappa shape index (κ1) is 19.6. The average molecular weight is 425 g/mol. The molecule has 8 heteroatoms. The average Bonchev–Trinajstić information content (AvgIpc) is 3.40. The quantitative estimate of drug-likeness (QED) is 0.614. The van der Waals surface area contributed by atoms with Gasteiger partial charge < -0.3 is 14.8 Å². The molecular formula is C22H28N6OS. The highest BCUT2D eigenvalue weighted by Crippen LogP contribution is 2.42. The normalized spacial score (nSPS) is 18.8. The largest absolute Gasteiger partial charge is 0.360 e. The Morgan fingerprint density at radius 3 is 2.70 bits per heavy atom. The predicted molar refractivity (Wildman–Crippen MR) is 120 cm³/mol. The molecule has 158 valence electrons. The van der Waals surface area contributed by atoms with E-state index in [0.717, 1.165) is 73.0 Å². The van der Waals surface area contributed by atoms with Crippen LogP contribution in [-0.2, 0) is 4.79 Å². The summed E-state index contributed by atoms with van der Waals surface area (Å²) in [6, 6.07) is 8.70. The van der Waals surface area contributed by atoms with Crippen LogP contribution in [0.3, 0.4) is 0 Å². The molecule has 5 rings (SSSR count). The van der Waals surface area contributed by atoms with E-state index in [1.807, 2.05) is 30.2 Å². The zero-order valence-electron chi connectivity index (χ0n) is 17.5. The number of H-pyrrole nitrogens is 1. The molecule has 1 aromatic carbocycles. The highest BCUT2D eigenvalue weighted by atomic mass is 32.2. The molecule has 0 bridgehead atoms. The number of para-hydroxylation sites is 1. The van der Waals surface area contributed by atoms with Crippen LogP contribution < -0.4 is 0 Å². The number of piperazine rings is 1. The number of nitrogens with zero attached hydrogens (tertiary/aromatic N) is 5. The van der Waals surface area contributed by atoms with Gasteiger partial charge in [0.05, 0.1) is 5.25 Å². The summed E-state index contributed by atoms with van der Waals surface area (Å²) in [4.78, 5) is 20.8. The van der Waals surface area contributed by atoms with Gasteiger partial charge in [-0.15, -0.1) is 10.2 Å². The Morgan fingerprint density at radius 1 is 1.20 bits per heavy atom. The molecule has 0 spiro atoms. The molecule has 2 aliphatic rings. The third-order valence-corrected chi connectivity index (χ3v) is 7.21. The Kier molecular flexibility index (Phi) is 5.28. The van der Waals surface area contributed by atoms with Crippen molar-refractivity contribution >= 4 is 28.6 Å². The summed E-state index contributed by atoms with van der Waals surface area (Å²) in [7, 11) is 0. The second-order valence-corrected chi connectivity index (χ2v) is 9.48. The number of hydrogen-bond donors (Lipinski definition) is 1. The van der Waals surface area contributed by atoms with Gasteiger partial charge in [-0.05, 0) is 32.4 Å². The highest BCUT2D eigenvalue weighted by molar-refractivity contribution is 8.00. The van der Waals surface area contributed by atoms with E-state index in [0.29, 0.717) is 6.04 Å². The first-order chi connectivity index (χ1) is 14.7. The van der Waals surface area contributed by atoms with Crippen LogP contribution in [0, 0.1) is 0 Å². The molecule has 1 saturated carbocycles. The van der Waals surface area contributed by atoms with E-state index >= 15 is 0 Å². The summed E-state index contributed by atoms with van der Waals surface area (Å²) in [6.45, 7) is 8.77. The Hall–Kier alpha value is -2.32. The Morgan fingerprint density at radius 2 is 1.97 bits per heavy atom. The maximum Gasteiger partial charge on any atom is 0.235 e. The van der Waals surface area contributed by atoms with Crippen LogP contribution in [0.4, 0.5) is 0 Å². The van der Waals surface area contributed by atoms with E-state index in [2.05, 4.69) is 43.7 Å². The van der Waals surface area contributed by atoms with Crippen LogP contribution in [0.25, 0.3) is 22.3 Å². The van der Waals surface area contributed by atoms with Gasteiger partial charge in [0, 0.05) is 54.9 Å². The number of aromatic nitrogens is 4. The molecule has 1 saturated heterocycles. The van der Waals surface area contributed by atoms with Crippen molar-refractivity contribution in [1.29, 1.82) is 0 Å². The van der Waals surface area contributed by atoms with Gasteiger partial charge in [-0.3, -0.25) is 9.36 Å². The summed E-state index contributed by atoms with van der Waals surface area (Å²) in [5.74, 6) is 1.10. The lowest BCUT2D eigenvalue weighted by Crippen LogP contribution is -2.50. The van der Waals surface area contributed by atoms with Crippen molar-refractivity contribution in [2.24, 2.45) is 0 Å². The number of nitrogens with one attached hydrogen (secondary N) is 1. The van der Waals surface area contributed by atoms with E-state index in [4.69, 9.17) is 0 Å². The molecule has 1 aliphatic heterocycles. The van der Waals surface area contributed by atoms with Crippen molar-refractivity contribution in [2.75, 3.05) is 32.7 Å². The van der Waals surface area contributed by atoms with Gasteiger partial charge in [0.2, 0.25) is 5.91 Å². The molecule has 3 heterocycles. The second-order valence-electron chi connectivity index (χ2n) is 8.17. The molecule has 2 fully saturated rings. The minimum absolute atomic E-state index is 0.171. The van der Waals surface area contributed by atoms with Crippen molar-refractivity contribution in [2.45, 2.75) is 43.1 Å². The molecule has 0 unspecified atom stereocenters. The van der Waals surface area contributed by atoms with Crippen LogP contribution in [0.5, 0.6) is 0 Å². The van der Waals surface area contributed by atoms with Gasteiger partial charge in [-0.1, -0.05) is 36.9 Å². The summed E-state index contributed by atoms with van der Waals surface area (Å²) in [5.41, 5.74) is 2.17. The third kappa shape index (κ3) is 3.63. The zero-order valence-corrected chi connectivity index (χ0v) is 18.4. The summed E-state index contributed by atoms with van der Waals surface area (Å²) in [6.07, 6.45) is 4.30. The number of rotatable bonds is 6. The molecule has 2 aromatic heterocycles. The minimum atomic E-state index is -0.171. The van der Waals surface area contributed by atoms with Crippen molar-refractivity contribution < 1.29 is 4.79 Å². The van der Waals surface area contributed by atoms with Crippen LogP contribution in [0.2, 0.25) is 0 Å². The fourth-order valence-electron chi connectivity index (χ4n) is 4.21. The minimum Gasteiger partial charge on any atom is -0.360 e. The second kappa shape index (κ2) is 8.07. The van der Waals surface area contributed by atoms with Gasteiger partial charge in [-0.25, -0.2) is 0 Å². The first-order valence-corrected chi connectivity index (χ1v) is 11.7. The standard InChI is InChI=1S/C22H28N6OS/c1-3-26-10-12-27(13-11-26)21(29)15(2)30-22-25-24-20(28(22)16-8-9-16)18-14-23-19-7-5-4-6-17(18)19/h4-7,14-16,23H,3,8-13H2,1-2H3/t15-/m0/s1. The number of aromatic amines is 1. The zero-order chi connectivity index (χ0) is 20.7. The number of benzene rings is 1. The lowest BCUT2D eigenvalue weighted by Gasteiger charge is -2.35. The molecule has 1 aliphatic carbocycles. The Labute approximate surface area is 180 Å². The van der Waals surface area contributed by atoms with E-state index in [9.17, 15) is 4.79 Å². The van der Waals surface area contributed by atoms with Gasteiger partial charge >= 0.3 is 0 Å². The maximum atomic E-state index is 13.0. The summed E-state index contributed by atoms with van der Waals surface area (Å²) >= 11 is 1.54. The van der Waals surface area contributed by atoms with Gasteiger partial charge in [0.25, 0.3) is 0 Å². The number of likely N-dealkylation sites (N-methyl/N-ethyl adjacent to an activating group) is 1. The van der Waals surface area contributed by atoms with Crippen molar-refractivity contribution in [1.82, 2.24) is 29.5 Å². The number of hydrogen-bond acceptors (Lipinski definition) is 5. The topological polar surface area (TPSA) is 70.1 Å². The molecule has 1 amide bonds. The predicted octanol–water partition coefficient (Wildman–Crippen LogP) is 3.41. The van der Waals surface area contributed by atoms with Crippen LogP contribution in [0.15, 0.2) is 35.6 Å². The molecule has 30 heavy (non-hydrogen) atoms. The number of fused-ring (bicyclic) bond motifs is 1. The SMILES string of the molecule is CCN1CCN(C(=O)[C@H](C)Sc2nnc(-c3c[nH]c4ccccc34)n2C2CC2)CC1. The summed E-state index contributed by atoms with van der Waals surface area (Å²) < 4.78 is 2.25. The number of amides is 1. The van der Waals surface area contributed by atoms with Gasteiger partial charge in [-0.2, -0.15) is 0 Å². The van der Waals surface area contributed by atoms with E-state index in [1.165, 1.54) is 0 Å². The van der Waals surface area contributed by atoms with E-state index in [-0.39, 0.29) is 11.2 Å². The fraction of sp³-hybridized carbons (Fsp3) is 0.500. The fourth-order valence-corrected chi connectivity index (χ4v) is 5.21. The van der Waals surface area contributed by atoms with Crippen LogP contribution in [-0.4, -0.2) is 73.4 Å². The van der Waals surface area contributed by atoms with Gasteiger partial charge in [0.15, 0.2) is 11.0 Å². The first-order valence-electron chi connectivity index (χ1n) is 10.8. The number of carbonyl (C=O) groups is 1. The van der Waals surface area contributed by atoms with Crippen molar-refractivity contribution in [3.63, 3.8) is 0 Å². The lowest BCUT2D eigenvalue weighted by molar-refractivity contribution is -0.132. The highest BCUT2D eigenvalue weighted by Gasteiger charge is 2.33. The van der Waals surface area contributed by atoms with Crippen molar-refractivity contribution in [3.05, 3.63) is 30.5 Å². The molecule has 3 aromatic rings. The molecule has 1 N–H and O–H groups in total. The number of carbonyl (C=O) groups excluding carboxylic acids is 1. The van der Waals surface area contributed by atoms with Crippen LogP contribution >= 0.6 is 11.8 Å². The molecule has 1 atom stereocenters. The summed E-state index contributed by atoms with van der Waals surface area (Å²) in [5, 5.41) is 10.9.